The van der Waals surface area contributed by atoms with Gasteiger partial charge in [-0.25, -0.2) is 0 Å². The highest BCUT2D eigenvalue weighted by molar-refractivity contribution is 6.72. The molecule has 3 heteroatoms. The summed E-state index contributed by atoms with van der Waals surface area (Å²) in [5.74, 6) is 0.0546. The van der Waals surface area contributed by atoms with E-state index < -0.39 is 8.32 Å². The van der Waals surface area contributed by atoms with Crippen LogP contribution in [0.25, 0.3) is 0 Å². The second-order valence-electron chi connectivity index (χ2n) is 4.76. The van der Waals surface area contributed by atoms with E-state index in [9.17, 15) is 9.59 Å². The van der Waals surface area contributed by atoms with Crippen molar-refractivity contribution >= 4 is 14.6 Å². The average molecular weight is 188 g/mol. The number of rotatable bonds is 4. The summed E-state index contributed by atoms with van der Waals surface area (Å²) in [6, 6.07) is 0. The maximum absolute atomic E-state index is 10.4. The number of hydrogen-bond acceptors (Lipinski definition) is 2. The first kappa shape index (κ1) is 11.8. The fourth-order valence-corrected chi connectivity index (χ4v) is 1.92. The highest BCUT2D eigenvalue weighted by atomic mass is 28.4. The standard InChI is InChI=1S/C9H20O2Si/c1-8(7-10)6-9(2,3)12(4,5)11/h7-8,11H,6H2,1-5H3/t8-/m1/s1. The van der Waals surface area contributed by atoms with Crippen LogP contribution in [0.5, 0.6) is 0 Å². The van der Waals surface area contributed by atoms with Gasteiger partial charge in [-0.1, -0.05) is 20.8 Å². The number of carbonyl (C=O) groups excluding carboxylic acids is 1. The average Bonchev–Trinajstić information content (AvgIpc) is 1.84. The van der Waals surface area contributed by atoms with Crippen LogP contribution in [0.3, 0.4) is 0 Å². The van der Waals surface area contributed by atoms with Crippen LogP contribution in [0.4, 0.5) is 0 Å². The van der Waals surface area contributed by atoms with E-state index in [1.54, 1.807) is 0 Å². The number of carbonyl (C=O) groups is 1. The van der Waals surface area contributed by atoms with Crippen molar-refractivity contribution in [3.63, 3.8) is 0 Å². The molecule has 1 N–H and O–H groups in total. The van der Waals surface area contributed by atoms with E-state index in [1.807, 2.05) is 33.9 Å². The van der Waals surface area contributed by atoms with Crippen molar-refractivity contribution in [3.05, 3.63) is 0 Å². The fourth-order valence-electron chi connectivity index (χ4n) is 1.10. The summed E-state index contributed by atoms with van der Waals surface area (Å²) in [5.41, 5.74) is 0. The van der Waals surface area contributed by atoms with Crippen molar-refractivity contribution < 1.29 is 9.59 Å². The van der Waals surface area contributed by atoms with E-state index in [0.717, 1.165) is 12.7 Å². The van der Waals surface area contributed by atoms with Crippen LogP contribution in [0, 0.1) is 5.92 Å². The SMILES string of the molecule is C[C@@H](C=O)CC(C)(C)[Si](C)(C)O. The van der Waals surface area contributed by atoms with Crippen molar-refractivity contribution in [2.75, 3.05) is 0 Å². The molecule has 72 valence electrons. The molecule has 0 heterocycles. The predicted molar refractivity (Wildman–Crippen MR) is 53.6 cm³/mol. The lowest BCUT2D eigenvalue weighted by Crippen LogP contribution is -2.40. The van der Waals surface area contributed by atoms with Crippen molar-refractivity contribution in [1.29, 1.82) is 0 Å². The van der Waals surface area contributed by atoms with Gasteiger partial charge in [0.25, 0.3) is 0 Å². The first-order chi connectivity index (χ1) is 5.20. The van der Waals surface area contributed by atoms with Crippen molar-refractivity contribution in [3.8, 4) is 0 Å². The third-order valence-corrected chi connectivity index (χ3v) is 6.24. The van der Waals surface area contributed by atoms with Crippen LogP contribution in [0.2, 0.25) is 18.1 Å². The molecule has 0 amide bonds. The molecule has 0 saturated carbocycles. The summed E-state index contributed by atoms with van der Waals surface area (Å²) < 4.78 is 0. The van der Waals surface area contributed by atoms with Crippen molar-refractivity contribution in [2.24, 2.45) is 5.92 Å². The molecule has 0 unspecified atom stereocenters. The predicted octanol–water partition coefficient (Wildman–Crippen LogP) is 2.19. The highest BCUT2D eigenvalue weighted by Crippen LogP contribution is 2.40. The lowest BCUT2D eigenvalue weighted by Gasteiger charge is -2.36. The molecule has 0 bridgehead atoms. The molecular weight excluding hydrogens is 168 g/mol. The van der Waals surface area contributed by atoms with Crippen LogP contribution in [0.1, 0.15) is 27.2 Å². The van der Waals surface area contributed by atoms with Crippen LogP contribution >= 0.6 is 0 Å². The van der Waals surface area contributed by atoms with Crippen molar-refractivity contribution in [1.82, 2.24) is 0 Å². The van der Waals surface area contributed by atoms with Crippen LogP contribution in [0.15, 0.2) is 0 Å². The summed E-state index contributed by atoms with van der Waals surface area (Å²) in [6.07, 6.45) is 1.74. The summed E-state index contributed by atoms with van der Waals surface area (Å²) in [7, 11) is -2.12. The van der Waals surface area contributed by atoms with Gasteiger partial charge < -0.3 is 9.59 Å². The molecule has 0 radical (unpaired) electrons. The minimum atomic E-state index is -2.12. The molecule has 0 rings (SSSR count). The lowest BCUT2D eigenvalue weighted by atomic mass is 9.99. The number of aldehydes is 1. The Morgan fingerprint density at radius 3 is 2.17 bits per heavy atom. The number of hydrogen-bond donors (Lipinski definition) is 1. The molecule has 0 aromatic carbocycles. The second kappa shape index (κ2) is 3.71. The first-order valence-electron chi connectivity index (χ1n) is 4.38. The Morgan fingerprint density at radius 2 is 1.92 bits per heavy atom. The summed E-state index contributed by atoms with van der Waals surface area (Å²) in [5, 5.41) is -0.0761. The Kier molecular flexibility index (Phi) is 3.66. The maximum atomic E-state index is 10.4. The zero-order valence-corrected chi connectivity index (χ0v) is 9.72. The molecule has 0 fully saturated rings. The van der Waals surface area contributed by atoms with Gasteiger partial charge >= 0.3 is 0 Å². The second-order valence-corrected chi connectivity index (χ2v) is 9.23. The van der Waals surface area contributed by atoms with Gasteiger partial charge in [-0.05, 0) is 24.6 Å². The minimum Gasteiger partial charge on any atom is -0.432 e. The monoisotopic (exact) mass is 188 g/mol. The third kappa shape index (κ3) is 3.07. The molecule has 0 aliphatic carbocycles. The van der Waals surface area contributed by atoms with Crippen LogP contribution < -0.4 is 0 Å². The highest BCUT2D eigenvalue weighted by Gasteiger charge is 2.38. The molecule has 2 nitrogen and oxygen atoms in total. The van der Waals surface area contributed by atoms with E-state index in [4.69, 9.17) is 0 Å². The zero-order chi connectivity index (χ0) is 9.99. The maximum Gasteiger partial charge on any atom is 0.188 e. The van der Waals surface area contributed by atoms with Gasteiger partial charge in [0, 0.05) is 5.92 Å². The molecule has 0 aromatic heterocycles. The molecular formula is C9H20O2Si. The molecule has 0 spiro atoms. The minimum absolute atomic E-state index is 0.0546. The topological polar surface area (TPSA) is 37.3 Å². The lowest BCUT2D eigenvalue weighted by molar-refractivity contribution is -0.111. The fraction of sp³-hybridized carbons (Fsp3) is 0.889. The molecule has 0 aliphatic rings. The molecule has 0 saturated heterocycles. The first-order valence-corrected chi connectivity index (χ1v) is 7.33. The van der Waals surface area contributed by atoms with Gasteiger partial charge in [-0.2, -0.15) is 0 Å². The Balaban J connectivity index is 4.32. The van der Waals surface area contributed by atoms with Gasteiger partial charge in [-0.15, -0.1) is 0 Å². The van der Waals surface area contributed by atoms with Crippen LogP contribution in [-0.4, -0.2) is 19.4 Å². The van der Waals surface area contributed by atoms with E-state index in [1.165, 1.54) is 0 Å². The summed E-state index contributed by atoms with van der Waals surface area (Å²) in [4.78, 5) is 20.4. The van der Waals surface area contributed by atoms with E-state index in [0.29, 0.717) is 0 Å². The van der Waals surface area contributed by atoms with Gasteiger partial charge in [0.2, 0.25) is 0 Å². The molecule has 0 aliphatic heterocycles. The van der Waals surface area contributed by atoms with E-state index >= 15 is 0 Å². The van der Waals surface area contributed by atoms with Gasteiger partial charge in [-0.3, -0.25) is 0 Å². The summed E-state index contributed by atoms with van der Waals surface area (Å²) in [6.45, 7) is 9.82. The normalized spacial score (nSPS) is 15.8. The quantitative estimate of drug-likeness (QED) is 0.542. The Bertz CT molecular complexity index is 158. The van der Waals surface area contributed by atoms with Gasteiger partial charge in [0.05, 0.1) is 0 Å². The Labute approximate surface area is 76.1 Å². The smallest absolute Gasteiger partial charge is 0.188 e. The largest absolute Gasteiger partial charge is 0.432 e. The van der Waals surface area contributed by atoms with E-state index in [-0.39, 0.29) is 11.0 Å². The van der Waals surface area contributed by atoms with E-state index in [2.05, 4.69) is 0 Å². The third-order valence-electron chi connectivity index (χ3n) is 2.72. The molecule has 1 atom stereocenters. The molecule has 0 aromatic rings. The van der Waals surface area contributed by atoms with Crippen molar-refractivity contribution in [2.45, 2.75) is 45.3 Å². The van der Waals surface area contributed by atoms with Gasteiger partial charge in [0.1, 0.15) is 6.29 Å². The van der Waals surface area contributed by atoms with Gasteiger partial charge in [0.15, 0.2) is 8.32 Å². The molecule has 12 heavy (non-hydrogen) atoms. The Hall–Kier alpha value is -0.153. The summed E-state index contributed by atoms with van der Waals surface area (Å²) >= 11 is 0. The Morgan fingerprint density at radius 1 is 1.50 bits per heavy atom. The van der Waals surface area contributed by atoms with Crippen LogP contribution in [-0.2, 0) is 4.79 Å². The zero-order valence-electron chi connectivity index (χ0n) is 8.72.